The summed E-state index contributed by atoms with van der Waals surface area (Å²) in [7, 11) is 0. The standard InChI is InChI=1S/C14H19NO5/c16-13(7-5-10-3-1-2-8-19-10)15-9-11-4-6-12(20-11)14(17)18/h4,6,10H,1-3,5,7-9H2,(H,15,16)(H,17,18). The Morgan fingerprint density at radius 3 is 2.85 bits per heavy atom. The molecular weight excluding hydrogens is 262 g/mol. The fourth-order valence-electron chi connectivity index (χ4n) is 2.19. The van der Waals surface area contributed by atoms with Gasteiger partial charge in [-0.25, -0.2) is 4.79 Å². The summed E-state index contributed by atoms with van der Waals surface area (Å²) in [5.41, 5.74) is 0. The molecule has 20 heavy (non-hydrogen) atoms. The van der Waals surface area contributed by atoms with Crippen LogP contribution < -0.4 is 5.32 Å². The van der Waals surface area contributed by atoms with Crippen LogP contribution in [0.3, 0.4) is 0 Å². The van der Waals surface area contributed by atoms with E-state index in [1.165, 1.54) is 6.07 Å². The molecule has 6 heteroatoms. The fraction of sp³-hybridized carbons (Fsp3) is 0.571. The Kier molecular flexibility index (Phi) is 5.17. The summed E-state index contributed by atoms with van der Waals surface area (Å²) in [4.78, 5) is 22.3. The molecule has 0 radical (unpaired) electrons. The molecule has 0 saturated carbocycles. The topological polar surface area (TPSA) is 88.8 Å². The number of ether oxygens (including phenoxy) is 1. The highest BCUT2D eigenvalue weighted by molar-refractivity contribution is 5.84. The summed E-state index contributed by atoms with van der Waals surface area (Å²) in [6, 6.07) is 2.92. The second-order valence-electron chi connectivity index (χ2n) is 4.88. The SMILES string of the molecule is O=C(CCC1CCCCO1)NCc1ccc(C(=O)O)o1. The quantitative estimate of drug-likeness (QED) is 0.831. The number of hydrogen-bond acceptors (Lipinski definition) is 4. The molecule has 1 amide bonds. The molecule has 1 fully saturated rings. The fourth-order valence-corrected chi connectivity index (χ4v) is 2.19. The highest BCUT2D eigenvalue weighted by Gasteiger charge is 2.15. The van der Waals surface area contributed by atoms with Crippen LogP contribution in [-0.2, 0) is 16.1 Å². The summed E-state index contributed by atoms with van der Waals surface area (Å²) in [6.45, 7) is 0.994. The molecular formula is C14H19NO5. The van der Waals surface area contributed by atoms with E-state index in [9.17, 15) is 9.59 Å². The van der Waals surface area contributed by atoms with Crippen LogP contribution >= 0.6 is 0 Å². The molecule has 0 spiro atoms. The predicted molar refractivity (Wildman–Crippen MR) is 70.3 cm³/mol. The Hall–Kier alpha value is -1.82. The van der Waals surface area contributed by atoms with Crippen molar-refractivity contribution < 1.29 is 23.8 Å². The molecule has 1 aromatic heterocycles. The Morgan fingerprint density at radius 1 is 1.35 bits per heavy atom. The molecule has 1 aliphatic rings. The average molecular weight is 281 g/mol. The minimum atomic E-state index is -1.11. The van der Waals surface area contributed by atoms with E-state index in [2.05, 4.69) is 5.32 Å². The van der Waals surface area contributed by atoms with E-state index in [0.29, 0.717) is 12.2 Å². The van der Waals surface area contributed by atoms with Gasteiger partial charge in [0.2, 0.25) is 11.7 Å². The van der Waals surface area contributed by atoms with Gasteiger partial charge in [-0.05, 0) is 37.8 Å². The van der Waals surface area contributed by atoms with E-state index in [1.807, 2.05) is 0 Å². The van der Waals surface area contributed by atoms with Crippen LogP contribution in [0.5, 0.6) is 0 Å². The molecule has 1 aliphatic heterocycles. The summed E-state index contributed by atoms with van der Waals surface area (Å²) in [5, 5.41) is 11.4. The maximum atomic E-state index is 11.7. The molecule has 6 nitrogen and oxygen atoms in total. The van der Waals surface area contributed by atoms with Gasteiger partial charge >= 0.3 is 5.97 Å². The maximum Gasteiger partial charge on any atom is 0.371 e. The van der Waals surface area contributed by atoms with Gasteiger partial charge in [0.25, 0.3) is 0 Å². The van der Waals surface area contributed by atoms with Gasteiger partial charge in [0.15, 0.2) is 0 Å². The second-order valence-corrected chi connectivity index (χ2v) is 4.88. The number of hydrogen-bond donors (Lipinski definition) is 2. The molecule has 1 atom stereocenters. The average Bonchev–Trinajstić information content (AvgIpc) is 2.93. The van der Waals surface area contributed by atoms with Crippen molar-refractivity contribution in [3.8, 4) is 0 Å². The van der Waals surface area contributed by atoms with Gasteiger partial charge in [-0.15, -0.1) is 0 Å². The van der Waals surface area contributed by atoms with Crippen molar-refractivity contribution in [1.29, 1.82) is 0 Å². The predicted octanol–water partition coefficient (Wildman–Crippen LogP) is 1.94. The van der Waals surface area contributed by atoms with E-state index in [1.54, 1.807) is 6.07 Å². The summed E-state index contributed by atoms with van der Waals surface area (Å²) >= 11 is 0. The van der Waals surface area contributed by atoms with Crippen molar-refractivity contribution in [3.63, 3.8) is 0 Å². The molecule has 0 aliphatic carbocycles. The van der Waals surface area contributed by atoms with Crippen molar-refractivity contribution in [3.05, 3.63) is 23.7 Å². The lowest BCUT2D eigenvalue weighted by Gasteiger charge is -2.22. The minimum Gasteiger partial charge on any atom is -0.475 e. The molecule has 2 rings (SSSR count). The Bertz CT molecular complexity index is 462. The van der Waals surface area contributed by atoms with Gasteiger partial charge in [0.05, 0.1) is 12.6 Å². The van der Waals surface area contributed by atoms with Crippen LogP contribution in [0.25, 0.3) is 0 Å². The normalized spacial score (nSPS) is 18.7. The largest absolute Gasteiger partial charge is 0.475 e. The lowest BCUT2D eigenvalue weighted by Crippen LogP contribution is -2.26. The number of furan rings is 1. The van der Waals surface area contributed by atoms with Crippen LogP contribution in [0.4, 0.5) is 0 Å². The van der Waals surface area contributed by atoms with Crippen molar-refractivity contribution in [2.45, 2.75) is 44.8 Å². The highest BCUT2D eigenvalue weighted by atomic mass is 16.5. The molecule has 0 aromatic carbocycles. The number of carbonyl (C=O) groups is 2. The minimum absolute atomic E-state index is 0.0764. The number of rotatable bonds is 6. The van der Waals surface area contributed by atoms with E-state index < -0.39 is 5.97 Å². The number of nitrogens with one attached hydrogen (secondary N) is 1. The Labute approximate surface area is 117 Å². The molecule has 1 saturated heterocycles. The monoisotopic (exact) mass is 281 g/mol. The first-order chi connectivity index (χ1) is 9.65. The second kappa shape index (κ2) is 7.09. The zero-order valence-corrected chi connectivity index (χ0v) is 11.3. The molecule has 1 aromatic rings. The van der Waals surface area contributed by atoms with Crippen molar-refractivity contribution in [2.75, 3.05) is 6.61 Å². The van der Waals surface area contributed by atoms with E-state index >= 15 is 0 Å². The van der Waals surface area contributed by atoms with Gasteiger partial charge < -0.3 is 19.6 Å². The summed E-state index contributed by atoms with van der Waals surface area (Å²) in [6.07, 6.45) is 4.62. The van der Waals surface area contributed by atoms with Crippen LogP contribution in [0.15, 0.2) is 16.5 Å². The van der Waals surface area contributed by atoms with Crippen molar-refractivity contribution in [1.82, 2.24) is 5.32 Å². The number of aromatic carboxylic acids is 1. The third kappa shape index (κ3) is 4.38. The lowest BCUT2D eigenvalue weighted by atomic mass is 10.0. The zero-order valence-electron chi connectivity index (χ0n) is 11.3. The van der Waals surface area contributed by atoms with Gasteiger partial charge in [0.1, 0.15) is 5.76 Å². The first-order valence-corrected chi connectivity index (χ1v) is 6.85. The number of carbonyl (C=O) groups excluding carboxylic acids is 1. The van der Waals surface area contributed by atoms with E-state index in [0.717, 1.165) is 32.3 Å². The number of amides is 1. The van der Waals surface area contributed by atoms with Crippen LogP contribution in [0, 0.1) is 0 Å². The first-order valence-electron chi connectivity index (χ1n) is 6.85. The van der Waals surface area contributed by atoms with Crippen molar-refractivity contribution in [2.24, 2.45) is 0 Å². The Morgan fingerprint density at radius 2 is 2.20 bits per heavy atom. The molecule has 1 unspecified atom stereocenters. The third-order valence-corrected chi connectivity index (χ3v) is 3.30. The van der Waals surface area contributed by atoms with E-state index in [-0.39, 0.29) is 24.3 Å². The molecule has 110 valence electrons. The van der Waals surface area contributed by atoms with Crippen molar-refractivity contribution >= 4 is 11.9 Å². The first kappa shape index (κ1) is 14.6. The Balaban J connectivity index is 1.67. The number of carboxylic acids is 1. The molecule has 2 N–H and O–H groups in total. The van der Waals surface area contributed by atoms with Crippen LogP contribution in [-0.4, -0.2) is 29.7 Å². The van der Waals surface area contributed by atoms with E-state index in [4.69, 9.17) is 14.3 Å². The lowest BCUT2D eigenvalue weighted by molar-refractivity contribution is -0.122. The smallest absolute Gasteiger partial charge is 0.371 e. The van der Waals surface area contributed by atoms with Gasteiger partial charge in [0, 0.05) is 13.0 Å². The molecule has 0 bridgehead atoms. The third-order valence-electron chi connectivity index (χ3n) is 3.30. The van der Waals surface area contributed by atoms with Crippen LogP contribution in [0.2, 0.25) is 0 Å². The van der Waals surface area contributed by atoms with Gasteiger partial charge in [-0.2, -0.15) is 0 Å². The number of carboxylic acid groups (broad SMARTS) is 1. The van der Waals surface area contributed by atoms with Crippen LogP contribution in [0.1, 0.15) is 48.4 Å². The van der Waals surface area contributed by atoms with Gasteiger partial charge in [-0.1, -0.05) is 0 Å². The zero-order chi connectivity index (χ0) is 14.4. The van der Waals surface area contributed by atoms with Gasteiger partial charge in [-0.3, -0.25) is 4.79 Å². The summed E-state index contributed by atoms with van der Waals surface area (Å²) < 4.78 is 10.6. The highest BCUT2D eigenvalue weighted by Crippen LogP contribution is 2.16. The maximum absolute atomic E-state index is 11.7. The summed E-state index contributed by atoms with van der Waals surface area (Å²) in [5.74, 6) is -0.876. The molecule has 2 heterocycles.